The lowest BCUT2D eigenvalue weighted by atomic mass is 9.79. The van der Waals surface area contributed by atoms with Gasteiger partial charge in [-0.3, -0.25) is 14.7 Å². The molecule has 0 aromatic heterocycles. The van der Waals surface area contributed by atoms with Crippen molar-refractivity contribution in [1.29, 1.82) is 0 Å². The second kappa shape index (κ2) is 5.80. The maximum absolute atomic E-state index is 10.2. The van der Waals surface area contributed by atoms with Crippen LogP contribution in [0.15, 0.2) is 30.3 Å². The monoisotopic (exact) mass is 327 g/mol. The maximum atomic E-state index is 10.2. The highest BCUT2D eigenvalue weighted by Crippen LogP contribution is 2.42. The van der Waals surface area contributed by atoms with E-state index in [2.05, 4.69) is 45.0 Å². The van der Waals surface area contributed by atoms with Crippen molar-refractivity contribution in [1.82, 2.24) is 14.7 Å². The zero-order valence-electron chi connectivity index (χ0n) is 14.5. The molecule has 1 aromatic rings. The number of rotatable bonds is 3. The van der Waals surface area contributed by atoms with Gasteiger partial charge in [-0.15, -0.1) is 0 Å². The van der Waals surface area contributed by atoms with Gasteiger partial charge in [-0.2, -0.15) is 0 Å². The maximum Gasteiger partial charge on any atom is 0.0682 e. The standard InChI is InChI=1S/C20H29N3O/c24-19-9-18-11-21(10-16-5-2-1-3-6-16)13-20(23(18)12-19)14-22(15-20)17-7-4-8-17/h1-3,5-6,17-19,24H,4,7-15H2/t18-,19-/m1/s1. The van der Waals surface area contributed by atoms with Crippen LogP contribution in [-0.2, 0) is 6.54 Å². The Kier molecular flexibility index (Phi) is 3.71. The molecule has 24 heavy (non-hydrogen) atoms. The van der Waals surface area contributed by atoms with Crippen molar-refractivity contribution in [3.8, 4) is 0 Å². The fraction of sp³-hybridized carbons (Fsp3) is 0.700. The Hall–Kier alpha value is -0.940. The second-order valence-electron chi connectivity index (χ2n) is 8.56. The van der Waals surface area contributed by atoms with Gasteiger partial charge in [0.2, 0.25) is 0 Å². The van der Waals surface area contributed by atoms with Crippen LogP contribution in [0, 0.1) is 0 Å². The second-order valence-corrected chi connectivity index (χ2v) is 8.56. The van der Waals surface area contributed by atoms with E-state index >= 15 is 0 Å². The lowest BCUT2D eigenvalue weighted by Gasteiger charge is -2.63. The first-order chi connectivity index (χ1) is 11.7. The summed E-state index contributed by atoms with van der Waals surface area (Å²) in [5.74, 6) is 0. The predicted molar refractivity (Wildman–Crippen MR) is 94.8 cm³/mol. The first kappa shape index (κ1) is 15.3. The Morgan fingerprint density at radius 1 is 1.00 bits per heavy atom. The topological polar surface area (TPSA) is 30.0 Å². The van der Waals surface area contributed by atoms with Gasteiger partial charge in [-0.1, -0.05) is 36.8 Å². The molecule has 1 saturated carbocycles. The zero-order chi connectivity index (χ0) is 16.1. The Bertz CT molecular complexity index is 582. The van der Waals surface area contributed by atoms with E-state index in [0.29, 0.717) is 11.6 Å². The summed E-state index contributed by atoms with van der Waals surface area (Å²) in [5.41, 5.74) is 1.71. The number of hydrogen-bond donors (Lipinski definition) is 1. The SMILES string of the molecule is O[C@@H]1C[C@@H]2CN(Cc3ccccc3)CC3(CN(C4CCC4)C3)N2C1. The highest BCUT2D eigenvalue weighted by molar-refractivity contribution is 5.18. The highest BCUT2D eigenvalue weighted by atomic mass is 16.3. The minimum atomic E-state index is -0.124. The van der Waals surface area contributed by atoms with E-state index in [4.69, 9.17) is 0 Å². The number of β-amino-alcohol motifs (C(OH)–C–C–N with tert-alkyl or cyclic N) is 1. The third kappa shape index (κ3) is 2.51. The number of nitrogens with zero attached hydrogens (tertiary/aromatic N) is 3. The lowest BCUT2D eigenvalue weighted by Crippen LogP contribution is -2.79. The van der Waals surface area contributed by atoms with Crippen LogP contribution < -0.4 is 0 Å². The van der Waals surface area contributed by atoms with Gasteiger partial charge in [0.15, 0.2) is 0 Å². The van der Waals surface area contributed by atoms with Gasteiger partial charge in [0.25, 0.3) is 0 Å². The molecule has 3 heterocycles. The molecule has 0 amide bonds. The number of likely N-dealkylation sites (tertiary alicyclic amines) is 1. The van der Waals surface area contributed by atoms with E-state index < -0.39 is 0 Å². The van der Waals surface area contributed by atoms with Crippen LogP contribution in [0.5, 0.6) is 0 Å². The van der Waals surface area contributed by atoms with Crippen molar-refractivity contribution < 1.29 is 5.11 Å². The van der Waals surface area contributed by atoms with Crippen LogP contribution in [0.25, 0.3) is 0 Å². The molecule has 130 valence electrons. The summed E-state index contributed by atoms with van der Waals surface area (Å²) in [6.07, 6.45) is 5.04. The fourth-order valence-corrected chi connectivity index (χ4v) is 5.48. The molecule has 1 aromatic carbocycles. The molecule has 5 rings (SSSR count). The molecule has 4 aliphatic rings. The number of hydrogen-bond acceptors (Lipinski definition) is 4. The molecule has 1 spiro atoms. The average molecular weight is 327 g/mol. The van der Waals surface area contributed by atoms with Crippen LogP contribution >= 0.6 is 0 Å². The number of piperazine rings is 1. The molecule has 4 nitrogen and oxygen atoms in total. The van der Waals surface area contributed by atoms with E-state index in [9.17, 15) is 5.11 Å². The Morgan fingerprint density at radius 2 is 1.79 bits per heavy atom. The largest absolute Gasteiger partial charge is 0.392 e. The zero-order valence-corrected chi connectivity index (χ0v) is 14.5. The average Bonchev–Trinajstić information content (AvgIpc) is 2.85. The fourth-order valence-electron chi connectivity index (χ4n) is 5.48. The van der Waals surface area contributed by atoms with Gasteiger partial charge in [0.05, 0.1) is 11.6 Å². The van der Waals surface area contributed by atoms with E-state index in [1.807, 2.05) is 0 Å². The van der Waals surface area contributed by atoms with Gasteiger partial charge in [-0.05, 0) is 24.8 Å². The van der Waals surface area contributed by atoms with Crippen LogP contribution in [0.3, 0.4) is 0 Å². The van der Waals surface area contributed by atoms with Gasteiger partial charge in [0.1, 0.15) is 0 Å². The van der Waals surface area contributed by atoms with Crippen LogP contribution in [-0.4, -0.2) is 76.3 Å². The molecular weight excluding hydrogens is 298 g/mol. The molecule has 0 bridgehead atoms. The van der Waals surface area contributed by atoms with Crippen molar-refractivity contribution in [3.63, 3.8) is 0 Å². The number of aliphatic hydroxyl groups excluding tert-OH is 1. The third-order valence-electron chi connectivity index (χ3n) is 6.82. The quantitative estimate of drug-likeness (QED) is 0.912. The summed E-state index contributed by atoms with van der Waals surface area (Å²) in [6, 6.07) is 12.3. The van der Waals surface area contributed by atoms with Crippen LogP contribution in [0.1, 0.15) is 31.2 Å². The van der Waals surface area contributed by atoms with E-state index in [1.54, 1.807) is 0 Å². The van der Waals surface area contributed by atoms with E-state index in [0.717, 1.165) is 38.6 Å². The molecule has 1 aliphatic carbocycles. The number of aliphatic hydroxyl groups is 1. The molecule has 2 atom stereocenters. The molecule has 3 aliphatic heterocycles. The minimum Gasteiger partial charge on any atom is -0.392 e. The Labute approximate surface area is 145 Å². The number of benzene rings is 1. The summed E-state index contributed by atoms with van der Waals surface area (Å²) < 4.78 is 0. The molecule has 3 saturated heterocycles. The normalized spacial score (nSPS) is 34.0. The highest BCUT2D eigenvalue weighted by Gasteiger charge is 2.57. The molecule has 1 N–H and O–H groups in total. The van der Waals surface area contributed by atoms with Gasteiger partial charge in [0, 0.05) is 51.4 Å². The van der Waals surface area contributed by atoms with E-state index in [-0.39, 0.29) is 6.10 Å². The van der Waals surface area contributed by atoms with Gasteiger partial charge < -0.3 is 5.11 Å². The smallest absolute Gasteiger partial charge is 0.0682 e. The minimum absolute atomic E-state index is 0.124. The molecule has 4 heteroatoms. The van der Waals surface area contributed by atoms with Crippen molar-refractivity contribution in [3.05, 3.63) is 35.9 Å². The van der Waals surface area contributed by atoms with Gasteiger partial charge >= 0.3 is 0 Å². The van der Waals surface area contributed by atoms with E-state index in [1.165, 1.54) is 37.9 Å². The molecule has 0 radical (unpaired) electrons. The first-order valence-corrected chi connectivity index (χ1v) is 9.67. The first-order valence-electron chi connectivity index (χ1n) is 9.67. The summed E-state index contributed by atoms with van der Waals surface area (Å²) in [4.78, 5) is 8.03. The predicted octanol–water partition coefficient (Wildman–Crippen LogP) is 1.54. The van der Waals surface area contributed by atoms with Crippen molar-refractivity contribution in [2.24, 2.45) is 0 Å². The lowest BCUT2D eigenvalue weighted by molar-refractivity contribution is -0.136. The Balaban J connectivity index is 1.32. The Morgan fingerprint density at radius 3 is 2.50 bits per heavy atom. The van der Waals surface area contributed by atoms with Crippen molar-refractivity contribution >= 4 is 0 Å². The molecular formula is C20H29N3O. The summed E-state index contributed by atoms with van der Waals surface area (Å²) in [5, 5.41) is 10.2. The van der Waals surface area contributed by atoms with Crippen molar-refractivity contribution in [2.45, 2.75) is 56.0 Å². The summed E-state index contributed by atoms with van der Waals surface area (Å²) in [7, 11) is 0. The van der Waals surface area contributed by atoms with Crippen molar-refractivity contribution in [2.75, 3.05) is 32.7 Å². The summed E-state index contributed by atoms with van der Waals surface area (Å²) in [6.45, 7) is 6.64. The molecule has 4 fully saturated rings. The molecule has 0 unspecified atom stereocenters. The van der Waals surface area contributed by atoms with Gasteiger partial charge in [-0.25, -0.2) is 0 Å². The van der Waals surface area contributed by atoms with Crippen LogP contribution in [0.2, 0.25) is 0 Å². The van der Waals surface area contributed by atoms with Crippen LogP contribution in [0.4, 0.5) is 0 Å². The number of fused-ring (bicyclic) bond motifs is 2. The third-order valence-corrected chi connectivity index (χ3v) is 6.82. The summed E-state index contributed by atoms with van der Waals surface area (Å²) >= 11 is 0.